The summed E-state index contributed by atoms with van der Waals surface area (Å²) in [4.78, 5) is 24.7. The van der Waals surface area contributed by atoms with Crippen molar-refractivity contribution in [2.45, 2.75) is 20.0 Å². The van der Waals surface area contributed by atoms with Crippen molar-refractivity contribution in [3.63, 3.8) is 0 Å². The molecule has 0 saturated heterocycles. The summed E-state index contributed by atoms with van der Waals surface area (Å²) in [6, 6.07) is 2.21. The lowest BCUT2D eigenvalue weighted by Gasteiger charge is -2.13. The molecule has 1 aromatic rings. The summed E-state index contributed by atoms with van der Waals surface area (Å²) in [7, 11) is 0. The number of nitrogens with zero attached hydrogens (tertiary/aromatic N) is 2. The molecule has 0 aliphatic rings. The number of nitro groups is 1. The van der Waals surface area contributed by atoms with Crippen LogP contribution in [0.15, 0.2) is 12.1 Å². The van der Waals surface area contributed by atoms with Gasteiger partial charge in [-0.3, -0.25) is 10.1 Å². The number of aromatic nitrogens is 1. The zero-order chi connectivity index (χ0) is 14.4. The molecule has 104 valence electrons. The Kier molecular flexibility index (Phi) is 5.19. The van der Waals surface area contributed by atoms with Crippen molar-refractivity contribution < 1.29 is 19.6 Å². The monoisotopic (exact) mass is 269 g/mol. The molecule has 1 heterocycles. The largest absolute Gasteiger partial charge is 0.477 e. The van der Waals surface area contributed by atoms with Crippen LogP contribution in [-0.2, 0) is 4.74 Å². The lowest BCUT2D eigenvalue weighted by molar-refractivity contribution is -0.384. The van der Waals surface area contributed by atoms with Crippen molar-refractivity contribution in [3.05, 3.63) is 27.9 Å². The first-order chi connectivity index (χ1) is 8.95. The fraction of sp³-hybridized carbons (Fsp3) is 0.455. The summed E-state index contributed by atoms with van der Waals surface area (Å²) in [6.45, 7) is 4.45. The molecule has 0 spiro atoms. The van der Waals surface area contributed by atoms with E-state index in [9.17, 15) is 14.9 Å². The number of ether oxygens (including phenoxy) is 1. The second-order valence-electron chi connectivity index (χ2n) is 3.77. The summed E-state index contributed by atoms with van der Waals surface area (Å²) in [6.07, 6.45) is -0.167. The highest BCUT2D eigenvalue weighted by atomic mass is 16.6. The van der Waals surface area contributed by atoms with Gasteiger partial charge >= 0.3 is 11.7 Å². The maximum atomic E-state index is 10.8. The average Bonchev–Trinajstić information content (AvgIpc) is 2.36. The van der Waals surface area contributed by atoms with E-state index in [1.807, 2.05) is 6.92 Å². The number of hydrogen-bond acceptors (Lipinski definition) is 6. The standard InChI is InChI=1S/C11H15N3O5/c1-3-19-7(2)6-12-10-9(14(17)18)5-4-8(13-10)11(15)16/h4-5,7H,3,6H2,1-2H3,(H,12,13)(H,15,16). The fourth-order valence-electron chi connectivity index (χ4n) is 1.43. The average molecular weight is 269 g/mol. The molecule has 0 amide bonds. The van der Waals surface area contributed by atoms with Crippen molar-refractivity contribution in [2.75, 3.05) is 18.5 Å². The van der Waals surface area contributed by atoms with Gasteiger partial charge in [-0.25, -0.2) is 9.78 Å². The van der Waals surface area contributed by atoms with Gasteiger partial charge in [0.2, 0.25) is 5.82 Å². The van der Waals surface area contributed by atoms with Crippen LogP contribution in [0.3, 0.4) is 0 Å². The maximum Gasteiger partial charge on any atom is 0.354 e. The normalized spacial score (nSPS) is 11.9. The number of carboxylic acid groups (broad SMARTS) is 1. The van der Waals surface area contributed by atoms with E-state index in [0.29, 0.717) is 13.2 Å². The van der Waals surface area contributed by atoms with Gasteiger partial charge in [0.1, 0.15) is 0 Å². The smallest absolute Gasteiger partial charge is 0.354 e. The Morgan fingerprint density at radius 1 is 1.63 bits per heavy atom. The third-order valence-corrected chi connectivity index (χ3v) is 2.30. The second-order valence-corrected chi connectivity index (χ2v) is 3.77. The lowest BCUT2D eigenvalue weighted by Crippen LogP contribution is -2.21. The number of carbonyl (C=O) groups is 1. The Bertz CT molecular complexity index is 477. The van der Waals surface area contributed by atoms with Crippen LogP contribution in [0.4, 0.5) is 11.5 Å². The second kappa shape index (κ2) is 6.64. The van der Waals surface area contributed by atoms with Crippen molar-refractivity contribution in [2.24, 2.45) is 0 Å². The highest BCUT2D eigenvalue weighted by molar-refractivity contribution is 5.86. The predicted molar refractivity (Wildman–Crippen MR) is 67.4 cm³/mol. The zero-order valence-electron chi connectivity index (χ0n) is 10.6. The van der Waals surface area contributed by atoms with E-state index in [0.717, 1.165) is 12.1 Å². The summed E-state index contributed by atoms with van der Waals surface area (Å²) < 4.78 is 5.27. The third-order valence-electron chi connectivity index (χ3n) is 2.30. The number of hydrogen-bond donors (Lipinski definition) is 2. The predicted octanol–water partition coefficient (Wildman–Crippen LogP) is 1.52. The SMILES string of the molecule is CCOC(C)CNc1nc(C(=O)O)ccc1[N+](=O)[O-]. The van der Waals surface area contributed by atoms with E-state index in [1.165, 1.54) is 0 Å². The third kappa shape index (κ3) is 4.18. The molecule has 1 aromatic heterocycles. The molecule has 1 atom stereocenters. The van der Waals surface area contributed by atoms with Crippen LogP contribution in [-0.4, -0.2) is 40.2 Å². The van der Waals surface area contributed by atoms with Gasteiger partial charge in [0.15, 0.2) is 5.69 Å². The van der Waals surface area contributed by atoms with E-state index in [-0.39, 0.29) is 23.3 Å². The zero-order valence-corrected chi connectivity index (χ0v) is 10.6. The van der Waals surface area contributed by atoms with Crippen molar-refractivity contribution in [1.29, 1.82) is 0 Å². The summed E-state index contributed by atoms with van der Waals surface area (Å²) in [5.74, 6) is -1.31. The molecule has 2 N–H and O–H groups in total. The van der Waals surface area contributed by atoms with E-state index >= 15 is 0 Å². The van der Waals surface area contributed by atoms with Gasteiger partial charge in [0.05, 0.1) is 11.0 Å². The van der Waals surface area contributed by atoms with E-state index in [2.05, 4.69) is 10.3 Å². The van der Waals surface area contributed by atoms with E-state index in [4.69, 9.17) is 9.84 Å². The quantitative estimate of drug-likeness (QED) is 0.569. The first-order valence-electron chi connectivity index (χ1n) is 5.70. The first kappa shape index (κ1) is 14.8. The summed E-state index contributed by atoms with van der Waals surface area (Å²) >= 11 is 0. The molecule has 8 heteroatoms. The topological polar surface area (TPSA) is 115 Å². The summed E-state index contributed by atoms with van der Waals surface area (Å²) in [5, 5.41) is 22.4. The fourth-order valence-corrected chi connectivity index (χ4v) is 1.43. The molecule has 1 rings (SSSR count). The Balaban J connectivity index is 2.91. The number of rotatable bonds is 7. The number of carboxylic acids is 1. The van der Waals surface area contributed by atoms with Crippen LogP contribution < -0.4 is 5.32 Å². The van der Waals surface area contributed by atoms with Gasteiger partial charge in [-0.05, 0) is 19.9 Å². The molecule has 0 aromatic carbocycles. The molecule has 8 nitrogen and oxygen atoms in total. The van der Waals surface area contributed by atoms with Crippen LogP contribution in [0.25, 0.3) is 0 Å². The highest BCUT2D eigenvalue weighted by Gasteiger charge is 2.18. The van der Waals surface area contributed by atoms with Gasteiger partial charge in [0, 0.05) is 19.2 Å². The van der Waals surface area contributed by atoms with E-state index < -0.39 is 10.9 Å². The van der Waals surface area contributed by atoms with Crippen molar-refractivity contribution >= 4 is 17.5 Å². The Labute approximate surface area is 109 Å². The molecule has 19 heavy (non-hydrogen) atoms. The van der Waals surface area contributed by atoms with Gasteiger partial charge in [-0.1, -0.05) is 0 Å². The lowest BCUT2D eigenvalue weighted by atomic mass is 10.3. The first-order valence-corrected chi connectivity index (χ1v) is 5.70. The maximum absolute atomic E-state index is 10.8. The molecular formula is C11H15N3O5. The number of pyridine rings is 1. The van der Waals surface area contributed by atoms with Crippen LogP contribution in [0, 0.1) is 10.1 Å². The highest BCUT2D eigenvalue weighted by Crippen LogP contribution is 2.22. The molecule has 0 aliphatic heterocycles. The Morgan fingerprint density at radius 3 is 2.84 bits per heavy atom. The van der Waals surface area contributed by atoms with Crippen LogP contribution >= 0.6 is 0 Å². The Morgan fingerprint density at radius 2 is 2.32 bits per heavy atom. The molecule has 0 fully saturated rings. The number of nitrogens with one attached hydrogen (secondary N) is 1. The van der Waals surface area contributed by atoms with E-state index in [1.54, 1.807) is 6.92 Å². The molecule has 0 saturated carbocycles. The van der Waals surface area contributed by atoms with Gasteiger partial charge in [-0.15, -0.1) is 0 Å². The van der Waals surface area contributed by atoms with Crippen LogP contribution in [0.1, 0.15) is 24.3 Å². The Hall–Kier alpha value is -2.22. The van der Waals surface area contributed by atoms with Gasteiger partial charge in [-0.2, -0.15) is 0 Å². The van der Waals surface area contributed by atoms with Crippen molar-refractivity contribution in [1.82, 2.24) is 4.98 Å². The molecule has 1 unspecified atom stereocenters. The molecule has 0 bridgehead atoms. The molecular weight excluding hydrogens is 254 g/mol. The van der Waals surface area contributed by atoms with Crippen molar-refractivity contribution in [3.8, 4) is 0 Å². The van der Waals surface area contributed by atoms with Gasteiger partial charge < -0.3 is 15.2 Å². The number of aromatic carboxylic acids is 1. The molecule has 0 aliphatic carbocycles. The summed E-state index contributed by atoms with van der Waals surface area (Å²) in [5.41, 5.74) is -0.522. The molecule has 0 radical (unpaired) electrons. The van der Waals surface area contributed by atoms with Crippen LogP contribution in [0.2, 0.25) is 0 Å². The van der Waals surface area contributed by atoms with Crippen LogP contribution in [0.5, 0.6) is 0 Å². The minimum atomic E-state index is -1.24. The minimum absolute atomic E-state index is 0.0727. The van der Waals surface area contributed by atoms with Gasteiger partial charge in [0.25, 0.3) is 0 Å². The minimum Gasteiger partial charge on any atom is -0.477 e. The number of anilines is 1.